The molecule has 21 heavy (non-hydrogen) atoms. The van der Waals surface area contributed by atoms with Gasteiger partial charge in [-0.15, -0.1) is 0 Å². The maximum Gasteiger partial charge on any atom is 0.339 e. The third-order valence-corrected chi connectivity index (χ3v) is 4.90. The van der Waals surface area contributed by atoms with Crippen LogP contribution < -0.4 is 9.64 Å². The van der Waals surface area contributed by atoms with Gasteiger partial charge in [-0.1, -0.05) is 19.9 Å². The first-order valence-corrected chi connectivity index (χ1v) is 7.83. The Morgan fingerprint density at radius 1 is 1.33 bits per heavy atom. The summed E-state index contributed by atoms with van der Waals surface area (Å²) in [4.78, 5) is 13.7. The Bertz CT molecular complexity index is 543. The zero-order valence-corrected chi connectivity index (χ0v) is 12.7. The standard InChI is InChI=1S/C17H23NO3/c1-11-6-7-14(12(2)10-11)18-8-9-21-16-13(17(19)20)4-3-5-15(16)18/h3-5,11-12,14H,6-10H2,1-2H3,(H,19,20). The van der Waals surface area contributed by atoms with Crippen molar-refractivity contribution in [1.29, 1.82) is 0 Å². The lowest BCUT2D eigenvalue weighted by atomic mass is 9.79. The van der Waals surface area contributed by atoms with E-state index in [1.54, 1.807) is 6.07 Å². The SMILES string of the molecule is CC1CCC(N2CCOc3c(C(=O)O)cccc32)C(C)C1. The van der Waals surface area contributed by atoms with Crippen molar-refractivity contribution in [2.24, 2.45) is 11.8 Å². The van der Waals surface area contributed by atoms with Crippen LogP contribution >= 0.6 is 0 Å². The molecule has 3 atom stereocenters. The molecule has 0 saturated heterocycles. The number of aromatic carboxylic acids is 1. The summed E-state index contributed by atoms with van der Waals surface area (Å²) in [6.07, 6.45) is 3.68. The highest BCUT2D eigenvalue weighted by Crippen LogP contribution is 2.41. The minimum atomic E-state index is -0.918. The molecule has 0 bridgehead atoms. The molecule has 0 radical (unpaired) electrons. The van der Waals surface area contributed by atoms with E-state index in [1.807, 2.05) is 12.1 Å². The number of carboxylic acids is 1. The molecule has 1 fully saturated rings. The smallest absolute Gasteiger partial charge is 0.339 e. The van der Waals surface area contributed by atoms with E-state index in [1.165, 1.54) is 19.3 Å². The summed E-state index contributed by atoms with van der Waals surface area (Å²) in [6.45, 7) is 6.05. The van der Waals surface area contributed by atoms with Crippen LogP contribution in [-0.2, 0) is 0 Å². The fourth-order valence-electron chi connectivity index (χ4n) is 3.89. The normalized spacial score (nSPS) is 28.7. The second kappa shape index (κ2) is 5.58. The Kier molecular flexibility index (Phi) is 3.79. The van der Waals surface area contributed by atoms with E-state index in [0.29, 0.717) is 24.3 Å². The fourth-order valence-corrected chi connectivity index (χ4v) is 3.89. The van der Waals surface area contributed by atoms with Crippen molar-refractivity contribution in [2.45, 2.75) is 39.2 Å². The maximum atomic E-state index is 11.4. The molecule has 2 aliphatic rings. The molecule has 114 valence electrons. The van der Waals surface area contributed by atoms with Crippen molar-refractivity contribution in [3.8, 4) is 5.75 Å². The molecule has 1 aliphatic carbocycles. The van der Waals surface area contributed by atoms with Crippen LogP contribution in [0.2, 0.25) is 0 Å². The lowest BCUT2D eigenvalue weighted by molar-refractivity contribution is 0.0691. The number of rotatable bonds is 2. The Hall–Kier alpha value is -1.71. The number of carbonyl (C=O) groups is 1. The summed E-state index contributed by atoms with van der Waals surface area (Å²) in [6, 6.07) is 5.93. The molecule has 1 aromatic carbocycles. The van der Waals surface area contributed by atoms with Crippen molar-refractivity contribution < 1.29 is 14.6 Å². The predicted molar refractivity (Wildman–Crippen MR) is 82.2 cm³/mol. The van der Waals surface area contributed by atoms with Gasteiger partial charge < -0.3 is 14.7 Å². The number of hydrogen-bond acceptors (Lipinski definition) is 3. The van der Waals surface area contributed by atoms with Crippen LogP contribution in [0.3, 0.4) is 0 Å². The molecule has 0 aromatic heterocycles. The van der Waals surface area contributed by atoms with Crippen LogP contribution in [0.5, 0.6) is 5.75 Å². The van der Waals surface area contributed by atoms with Crippen LogP contribution in [0, 0.1) is 11.8 Å². The van der Waals surface area contributed by atoms with Gasteiger partial charge in [0, 0.05) is 6.04 Å². The van der Waals surface area contributed by atoms with Gasteiger partial charge in [0.2, 0.25) is 0 Å². The van der Waals surface area contributed by atoms with Gasteiger partial charge in [-0.05, 0) is 43.2 Å². The first-order valence-electron chi connectivity index (χ1n) is 7.83. The number of hydrogen-bond donors (Lipinski definition) is 1. The molecule has 1 aliphatic heterocycles. The molecule has 1 aromatic rings. The van der Waals surface area contributed by atoms with Gasteiger partial charge in [0.05, 0.1) is 12.2 Å². The van der Waals surface area contributed by atoms with Gasteiger partial charge in [0.1, 0.15) is 12.2 Å². The summed E-state index contributed by atoms with van der Waals surface area (Å²) < 4.78 is 5.67. The summed E-state index contributed by atoms with van der Waals surface area (Å²) in [5.74, 6) is 1.05. The van der Waals surface area contributed by atoms with Gasteiger partial charge in [-0.3, -0.25) is 0 Å². The predicted octanol–water partition coefficient (Wildman–Crippen LogP) is 3.41. The molecular formula is C17H23NO3. The molecular weight excluding hydrogens is 266 g/mol. The second-order valence-electron chi connectivity index (χ2n) is 6.46. The molecule has 1 saturated carbocycles. The van der Waals surface area contributed by atoms with Crippen LogP contribution in [0.15, 0.2) is 18.2 Å². The van der Waals surface area contributed by atoms with Gasteiger partial charge in [-0.2, -0.15) is 0 Å². The Balaban J connectivity index is 1.94. The van der Waals surface area contributed by atoms with Crippen molar-refractivity contribution in [3.05, 3.63) is 23.8 Å². The Morgan fingerprint density at radius 3 is 2.86 bits per heavy atom. The molecule has 0 amide bonds. The third-order valence-electron chi connectivity index (χ3n) is 4.90. The second-order valence-corrected chi connectivity index (χ2v) is 6.46. The summed E-state index contributed by atoms with van der Waals surface area (Å²) in [5.41, 5.74) is 1.22. The minimum absolute atomic E-state index is 0.272. The van der Waals surface area contributed by atoms with Gasteiger partial charge in [-0.25, -0.2) is 4.79 Å². The number of carboxylic acid groups (broad SMARTS) is 1. The maximum absolute atomic E-state index is 11.4. The highest BCUT2D eigenvalue weighted by molar-refractivity contribution is 5.93. The molecule has 1 N–H and O–H groups in total. The van der Waals surface area contributed by atoms with E-state index in [0.717, 1.165) is 18.2 Å². The highest BCUT2D eigenvalue weighted by Gasteiger charge is 2.34. The number of fused-ring (bicyclic) bond motifs is 1. The van der Waals surface area contributed by atoms with Gasteiger partial charge in [0.15, 0.2) is 5.75 Å². The highest BCUT2D eigenvalue weighted by atomic mass is 16.5. The zero-order chi connectivity index (χ0) is 15.0. The van der Waals surface area contributed by atoms with E-state index < -0.39 is 5.97 Å². The minimum Gasteiger partial charge on any atom is -0.489 e. The van der Waals surface area contributed by atoms with Crippen LogP contribution in [0.4, 0.5) is 5.69 Å². The van der Waals surface area contributed by atoms with Crippen LogP contribution in [0.25, 0.3) is 0 Å². The van der Waals surface area contributed by atoms with Crippen molar-refractivity contribution >= 4 is 11.7 Å². The topological polar surface area (TPSA) is 49.8 Å². The average Bonchev–Trinajstić information content (AvgIpc) is 2.46. The first kappa shape index (κ1) is 14.2. The molecule has 3 unspecified atom stereocenters. The molecule has 0 spiro atoms. The fraction of sp³-hybridized carbons (Fsp3) is 0.588. The van der Waals surface area contributed by atoms with E-state index in [-0.39, 0.29) is 5.56 Å². The molecule has 1 heterocycles. The number of nitrogens with zero attached hydrogens (tertiary/aromatic N) is 1. The monoisotopic (exact) mass is 289 g/mol. The molecule has 3 rings (SSSR count). The van der Waals surface area contributed by atoms with Crippen molar-refractivity contribution in [3.63, 3.8) is 0 Å². The lowest BCUT2D eigenvalue weighted by Gasteiger charge is -2.44. The van der Waals surface area contributed by atoms with E-state index in [4.69, 9.17) is 4.74 Å². The van der Waals surface area contributed by atoms with Crippen LogP contribution in [-0.4, -0.2) is 30.3 Å². The first-order chi connectivity index (χ1) is 10.1. The lowest BCUT2D eigenvalue weighted by Crippen LogP contribution is -2.46. The molecule has 4 nitrogen and oxygen atoms in total. The van der Waals surface area contributed by atoms with E-state index in [9.17, 15) is 9.90 Å². The van der Waals surface area contributed by atoms with E-state index >= 15 is 0 Å². The zero-order valence-electron chi connectivity index (χ0n) is 12.7. The number of ether oxygens (including phenoxy) is 1. The number of para-hydroxylation sites is 1. The van der Waals surface area contributed by atoms with Crippen molar-refractivity contribution in [2.75, 3.05) is 18.1 Å². The van der Waals surface area contributed by atoms with Crippen molar-refractivity contribution in [1.82, 2.24) is 0 Å². The summed E-state index contributed by atoms with van der Waals surface area (Å²) >= 11 is 0. The van der Waals surface area contributed by atoms with Crippen LogP contribution in [0.1, 0.15) is 43.5 Å². The van der Waals surface area contributed by atoms with E-state index in [2.05, 4.69) is 18.7 Å². The van der Waals surface area contributed by atoms with Gasteiger partial charge in [0.25, 0.3) is 0 Å². The average molecular weight is 289 g/mol. The third kappa shape index (κ3) is 2.59. The summed E-state index contributed by atoms with van der Waals surface area (Å²) in [7, 11) is 0. The Morgan fingerprint density at radius 2 is 2.14 bits per heavy atom. The quantitative estimate of drug-likeness (QED) is 0.906. The number of anilines is 1. The largest absolute Gasteiger partial charge is 0.489 e. The van der Waals surface area contributed by atoms with Gasteiger partial charge >= 0.3 is 5.97 Å². The molecule has 4 heteroatoms. The summed E-state index contributed by atoms with van der Waals surface area (Å²) in [5, 5.41) is 9.33. The Labute approximate surface area is 125 Å². The number of benzene rings is 1.